The number of rotatable bonds is 4. The Bertz CT molecular complexity index is 184. The zero-order valence-corrected chi connectivity index (χ0v) is 7.31. The fraction of sp³-hybridized carbons (Fsp3) is 0.500. The molecule has 0 aromatic carbocycles. The second-order valence-electron chi connectivity index (χ2n) is 2.62. The minimum atomic E-state index is 0.235. The second kappa shape index (κ2) is 4.49. The Balaban J connectivity index is 2.31. The van der Waals surface area contributed by atoms with E-state index in [1.165, 1.54) is 4.88 Å². The topological polar surface area (TPSA) is 52.0 Å². The first-order chi connectivity index (χ1) is 5.33. The standard InChI is InChI=1S/C8H14N2S/c9-4-3-7(10)6-8-2-1-5-11-8/h1-2,5,7H,3-4,6,9-10H2. The Morgan fingerprint density at radius 3 is 2.91 bits per heavy atom. The van der Waals surface area contributed by atoms with Crippen molar-refractivity contribution in [2.75, 3.05) is 6.54 Å². The summed E-state index contributed by atoms with van der Waals surface area (Å²) in [5, 5.41) is 2.07. The maximum atomic E-state index is 5.80. The largest absolute Gasteiger partial charge is 0.330 e. The SMILES string of the molecule is NCCC(N)Cc1cccs1. The van der Waals surface area contributed by atoms with E-state index < -0.39 is 0 Å². The first-order valence-electron chi connectivity index (χ1n) is 3.81. The number of nitrogens with two attached hydrogens (primary N) is 2. The van der Waals surface area contributed by atoms with Gasteiger partial charge in [-0.3, -0.25) is 0 Å². The first kappa shape index (κ1) is 8.71. The Kier molecular flexibility index (Phi) is 3.56. The number of hydrogen-bond acceptors (Lipinski definition) is 3. The highest BCUT2D eigenvalue weighted by atomic mass is 32.1. The van der Waals surface area contributed by atoms with Gasteiger partial charge >= 0.3 is 0 Å². The third-order valence-corrected chi connectivity index (χ3v) is 2.48. The second-order valence-corrected chi connectivity index (χ2v) is 3.65. The Morgan fingerprint density at radius 2 is 2.36 bits per heavy atom. The van der Waals surface area contributed by atoms with Gasteiger partial charge in [-0.1, -0.05) is 6.07 Å². The van der Waals surface area contributed by atoms with Gasteiger partial charge in [-0.25, -0.2) is 0 Å². The molecule has 1 rings (SSSR count). The van der Waals surface area contributed by atoms with E-state index >= 15 is 0 Å². The molecule has 0 spiro atoms. The predicted octanol–water partition coefficient (Wildman–Crippen LogP) is 0.967. The molecule has 1 aromatic heterocycles. The Hall–Kier alpha value is -0.380. The molecule has 1 atom stereocenters. The molecule has 62 valence electrons. The monoisotopic (exact) mass is 170 g/mol. The van der Waals surface area contributed by atoms with Crippen LogP contribution in [0.15, 0.2) is 17.5 Å². The van der Waals surface area contributed by atoms with Crippen LogP contribution in [0.1, 0.15) is 11.3 Å². The zero-order valence-electron chi connectivity index (χ0n) is 6.49. The van der Waals surface area contributed by atoms with Crippen molar-refractivity contribution in [1.29, 1.82) is 0 Å². The molecule has 4 N–H and O–H groups in total. The summed E-state index contributed by atoms with van der Waals surface area (Å²) in [6.45, 7) is 0.687. The molecular weight excluding hydrogens is 156 g/mol. The van der Waals surface area contributed by atoms with Crippen LogP contribution in [0.2, 0.25) is 0 Å². The van der Waals surface area contributed by atoms with E-state index in [0.29, 0.717) is 6.54 Å². The van der Waals surface area contributed by atoms with Gasteiger partial charge in [0.1, 0.15) is 0 Å². The lowest BCUT2D eigenvalue weighted by Gasteiger charge is -2.07. The van der Waals surface area contributed by atoms with Crippen molar-refractivity contribution in [2.45, 2.75) is 18.9 Å². The molecule has 0 amide bonds. The molecule has 1 heterocycles. The van der Waals surface area contributed by atoms with E-state index in [1.54, 1.807) is 11.3 Å². The van der Waals surface area contributed by atoms with Gasteiger partial charge in [0, 0.05) is 10.9 Å². The van der Waals surface area contributed by atoms with Crippen LogP contribution in [-0.4, -0.2) is 12.6 Å². The molecular formula is C8H14N2S. The number of hydrogen-bond donors (Lipinski definition) is 2. The third kappa shape index (κ3) is 3.01. The van der Waals surface area contributed by atoms with Crippen LogP contribution in [-0.2, 0) is 6.42 Å². The average Bonchev–Trinajstić information content (AvgIpc) is 2.40. The summed E-state index contributed by atoms with van der Waals surface area (Å²) in [6.07, 6.45) is 1.88. The lowest BCUT2D eigenvalue weighted by Crippen LogP contribution is -2.25. The van der Waals surface area contributed by atoms with Gasteiger partial charge in [0.05, 0.1) is 0 Å². The Morgan fingerprint density at radius 1 is 1.55 bits per heavy atom. The molecule has 0 bridgehead atoms. The van der Waals surface area contributed by atoms with E-state index in [-0.39, 0.29) is 6.04 Å². The van der Waals surface area contributed by atoms with Crippen LogP contribution in [0.5, 0.6) is 0 Å². The molecule has 0 aliphatic heterocycles. The third-order valence-electron chi connectivity index (χ3n) is 1.58. The molecule has 0 saturated carbocycles. The highest BCUT2D eigenvalue weighted by Crippen LogP contribution is 2.10. The molecule has 1 unspecified atom stereocenters. The van der Waals surface area contributed by atoms with Crippen molar-refractivity contribution in [2.24, 2.45) is 11.5 Å². The fourth-order valence-electron chi connectivity index (χ4n) is 1.00. The summed E-state index contributed by atoms with van der Waals surface area (Å²) >= 11 is 1.76. The highest BCUT2D eigenvalue weighted by molar-refractivity contribution is 7.09. The van der Waals surface area contributed by atoms with Crippen LogP contribution in [0, 0.1) is 0 Å². The summed E-state index contributed by atoms with van der Waals surface area (Å²) in [5.74, 6) is 0. The molecule has 11 heavy (non-hydrogen) atoms. The van der Waals surface area contributed by atoms with Gasteiger partial charge < -0.3 is 11.5 Å². The van der Waals surface area contributed by atoms with Crippen LogP contribution in [0.4, 0.5) is 0 Å². The van der Waals surface area contributed by atoms with Crippen molar-refractivity contribution in [1.82, 2.24) is 0 Å². The van der Waals surface area contributed by atoms with Crippen LogP contribution < -0.4 is 11.5 Å². The van der Waals surface area contributed by atoms with Crippen molar-refractivity contribution in [3.05, 3.63) is 22.4 Å². The number of thiophene rings is 1. The van der Waals surface area contributed by atoms with Gasteiger partial charge in [-0.05, 0) is 30.8 Å². The minimum absolute atomic E-state index is 0.235. The highest BCUT2D eigenvalue weighted by Gasteiger charge is 2.02. The smallest absolute Gasteiger partial charge is 0.00991 e. The van der Waals surface area contributed by atoms with Crippen molar-refractivity contribution >= 4 is 11.3 Å². The predicted molar refractivity (Wildman–Crippen MR) is 49.7 cm³/mol. The van der Waals surface area contributed by atoms with Crippen molar-refractivity contribution < 1.29 is 0 Å². The summed E-state index contributed by atoms with van der Waals surface area (Å²) in [6, 6.07) is 4.40. The zero-order chi connectivity index (χ0) is 8.10. The van der Waals surface area contributed by atoms with E-state index in [2.05, 4.69) is 17.5 Å². The van der Waals surface area contributed by atoms with E-state index in [1.807, 2.05) is 0 Å². The van der Waals surface area contributed by atoms with Crippen LogP contribution >= 0.6 is 11.3 Å². The molecule has 1 aromatic rings. The Labute approximate surface area is 71.2 Å². The summed E-state index contributed by atoms with van der Waals surface area (Å²) in [5.41, 5.74) is 11.2. The lowest BCUT2D eigenvalue weighted by molar-refractivity contribution is 0.623. The molecule has 2 nitrogen and oxygen atoms in total. The molecule has 0 saturated heterocycles. The van der Waals surface area contributed by atoms with Crippen molar-refractivity contribution in [3.63, 3.8) is 0 Å². The van der Waals surface area contributed by atoms with Gasteiger partial charge in [0.15, 0.2) is 0 Å². The minimum Gasteiger partial charge on any atom is -0.330 e. The molecule has 3 heteroatoms. The maximum absolute atomic E-state index is 5.80. The summed E-state index contributed by atoms with van der Waals surface area (Å²) in [4.78, 5) is 1.35. The van der Waals surface area contributed by atoms with E-state index in [0.717, 1.165) is 12.8 Å². The average molecular weight is 170 g/mol. The normalized spacial score (nSPS) is 13.3. The summed E-state index contributed by atoms with van der Waals surface area (Å²) < 4.78 is 0. The summed E-state index contributed by atoms with van der Waals surface area (Å²) in [7, 11) is 0. The first-order valence-corrected chi connectivity index (χ1v) is 4.69. The molecule has 0 fully saturated rings. The molecule has 0 radical (unpaired) electrons. The lowest BCUT2D eigenvalue weighted by atomic mass is 10.1. The molecule has 0 aliphatic carbocycles. The molecule has 0 aliphatic rings. The van der Waals surface area contributed by atoms with Crippen LogP contribution in [0.3, 0.4) is 0 Å². The maximum Gasteiger partial charge on any atom is 0.00991 e. The van der Waals surface area contributed by atoms with Crippen molar-refractivity contribution in [3.8, 4) is 0 Å². The fourth-order valence-corrected chi connectivity index (χ4v) is 1.80. The van der Waals surface area contributed by atoms with Gasteiger partial charge in [-0.15, -0.1) is 11.3 Å². The van der Waals surface area contributed by atoms with Crippen LogP contribution in [0.25, 0.3) is 0 Å². The van der Waals surface area contributed by atoms with E-state index in [4.69, 9.17) is 11.5 Å². The van der Waals surface area contributed by atoms with Gasteiger partial charge in [0.25, 0.3) is 0 Å². The van der Waals surface area contributed by atoms with E-state index in [9.17, 15) is 0 Å². The quantitative estimate of drug-likeness (QED) is 0.707. The van der Waals surface area contributed by atoms with Gasteiger partial charge in [0.2, 0.25) is 0 Å². The van der Waals surface area contributed by atoms with Gasteiger partial charge in [-0.2, -0.15) is 0 Å².